The fourth-order valence-electron chi connectivity index (χ4n) is 0.645. The Bertz CT molecular complexity index is 219. The lowest BCUT2D eigenvalue weighted by atomic mass is 10.5. The van der Waals surface area contributed by atoms with Gasteiger partial charge in [-0.05, 0) is 0 Å². The first-order valence-electron chi connectivity index (χ1n) is 2.78. The highest BCUT2D eigenvalue weighted by atomic mass is 16.5. The van der Waals surface area contributed by atoms with Crippen LogP contribution in [0.25, 0.3) is 0 Å². The van der Waals surface area contributed by atoms with Crippen LogP contribution in [0.2, 0.25) is 0 Å². The Balaban J connectivity index is 2.49. The molecule has 0 spiro atoms. The molecule has 0 fully saturated rings. The summed E-state index contributed by atoms with van der Waals surface area (Å²) in [5, 5.41) is 0. The van der Waals surface area contributed by atoms with Crippen molar-refractivity contribution in [3.63, 3.8) is 0 Å². The van der Waals surface area contributed by atoms with Crippen molar-refractivity contribution in [1.82, 2.24) is 9.55 Å². The highest BCUT2D eigenvalue weighted by Crippen LogP contribution is 1.94. The molecule has 0 unspecified atom stereocenters. The lowest BCUT2D eigenvalue weighted by Crippen LogP contribution is -1.89. The Morgan fingerprint density at radius 3 is 3.20 bits per heavy atom. The summed E-state index contributed by atoms with van der Waals surface area (Å²) < 4.78 is 6.13. The van der Waals surface area contributed by atoms with Crippen LogP contribution in [0.1, 0.15) is 5.69 Å². The SMILES string of the molecule is Cn1cnc(CO[C]=O)c1. The van der Waals surface area contributed by atoms with E-state index in [1.807, 2.05) is 7.05 Å². The van der Waals surface area contributed by atoms with Crippen LogP contribution in [0, 0.1) is 0 Å². The van der Waals surface area contributed by atoms with Crippen molar-refractivity contribution in [3.8, 4) is 0 Å². The molecule has 1 aromatic heterocycles. The van der Waals surface area contributed by atoms with Gasteiger partial charge in [-0.2, -0.15) is 0 Å². The molecule has 10 heavy (non-hydrogen) atoms. The zero-order valence-electron chi connectivity index (χ0n) is 5.57. The zero-order chi connectivity index (χ0) is 7.40. The first-order valence-corrected chi connectivity index (χ1v) is 2.78. The molecule has 4 nitrogen and oxygen atoms in total. The average molecular weight is 139 g/mol. The number of hydrogen-bond donors (Lipinski definition) is 0. The van der Waals surface area contributed by atoms with Crippen molar-refractivity contribution in [2.75, 3.05) is 0 Å². The Labute approximate surface area is 58.4 Å². The maximum Gasteiger partial charge on any atom is 0.417 e. The van der Waals surface area contributed by atoms with Crippen molar-refractivity contribution in [3.05, 3.63) is 18.2 Å². The second-order valence-electron chi connectivity index (χ2n) is 1.90. The van der Waals surface area contributed by atoms with E-state index in [1.54, 1.807) is 17.1 Å². The maximum absolute atomic E-state index is 9.60. The number of ether oxygens (including phenoxy) is 1. The summed E-state index contributed by atoms with van der Waals surface area (Å²) >= 11 is 0. The number of carbonyl (C=O) groups excluding carboxylic acids is 1. The molecule has 0 aliphatic rings. The molecule has 53 valence electrons. The molecule has 1 aromatic rings. The van der Waals surface area contributed by atoms with Gasteiger partial charge in [-0.15, -0.1) is 0 Å². The van der Waals surface area contributed by atoms with Crippen molar-refractivity contribution in [1.29, 1.82) is 0 Å². The Morgan fingerprint density at radius 1 is 1.90 bits per heavy atom. The number of rotatable bonds is 3. The standard InChI is InChI=1S/C6H7N2O2/c1-8-2-6(7-4-8)3-10-5-9/h2,4H,3H2,1H3. The van der Waals surface area contributed by atoms with Crippen LogP contribution in [-0.2, 0) is 23.2 Å². The lowest BCUT2D eigenvalue weighted by Gasteiger charge is -1.89. The molecule has 0 aliphatic carbocycles. The largest absolute Gasteiger partial charge is 0.451 e. The van der Waals surface area contributed by atoms with Gasteiger partial charge in [0.15, 0.2) is 0 Å². The van der Waals surface area contributed by atoms with E-state index in [0.29, 0.717) is 0 Å². The molecule has 0 aromatic carbocycles. The quantitative estimate of drug-likeness (QED) is 0.592. The first kappa shape index (κ1) is 6.80. The normalized spacial score (nSPS) is 9.30. The van der Waals surface area contributed by atoms with Crippen molar-refractivity contribution in [2.24, 2.45) is 7.05 Å². The van der Waals surface area contributed by atoms with Gasteiger partial charge in [0.2, 0.25) is 0 Å². The monoisotopic (exact) mass is 139 g/mol. The van der Waals surface area contributed by atoms with Gasteiger partial charge in [0.1, 0.15) is 6.61 Å². The fraction of sp³-hybridized carbons (Fsp3) is 0.333. The van der Waals surface area contributed by atoms with E-state index < -0.39 is 0 Å². The predicted octanol–water partition coefficient (Wildman–Crippen LogP) is 0.00390. The number of nitrogens with zero attached hydrogens (tertiary/aromatic N) is 2. The lowest BCUT2D eigenvalue weighted by molar-refractivity contribution is 0.263. The van der Waals surface area contributed by atoms with E-state index in [1.165, 1.54) is 6.47 Å². The highest BCUT2D eigenvalue weighted by Gasteiger charge is 1.94. The third kappa shape index (κ3) is 1.58. The van der Waals surface area contributed by atoms with E-state index in [-0.39, 0.29) is 6.61 Å². The molecular weight excluding hydrogens is 132 g/mol. The minimum atomic E-state index is 0.199. The molecule has 4 heteroatoms. The van der Waals surface area contributed by atoms with Gasteiger partial charge in [0.25, 0.3) is 0 Å². The summed E-state index contributed by atoms with van der Waals surface area (Å²) in [6.07, 6.45) is 3.42. The second-order valence-corrected chi connectivity index (χ2v) is 1.90. The molecular formula is C6H7N2O2. The number of hydrogen-bond acceptors (Lipinski definition) is 3. The first-order chi connectivity index (χ1) is 4.83. The van der Waals surface area contributed by atoms with E-state index in [2.05, 4.69) is 9.72 Å². The Morgan fingerprint density at radius 2 is 2.70 bits per heavy atom. The van der Waals surface area contributed by atoms with E-state index in [9.17, 15) is 4.79 Å². The van der Waals surface area contributed by atoms with Gasteiger partial charge < -0.3 is 9.30 Å². The van der Waals surface area contributed by atoms with E-state index in [4.69, 9.17) is 0 Å². The second kappa shape index (κ2) is 3.00. The molecule has 1 heterocycles. The smallest absolute Gasteiger partial charge is 0.417 e. The molecule has 1 rings (SSSR count). The van der Waals surface area contributed by atoms with Crippen molar-refractivity contribution >= 4 is 6.47 Å². The number of aromatic nitrogens is 2. The Hall–Kier alpha value is -1.32. The van der Waals surface area contributed by atoms with E-state index in [0.717, 1.165) is 5.69 Å². The molecule has 0 N–H and O–H groups in total. The molecule has 0 saturated heterocycles. The van der Waals surface area contributed by atoms with Crippen LogP contribution in [0.3, 0.4) is 0 Å². The number of imidazole rings is 1. The minimum Gasteiger partial charge on any atom is -0.451 e. The maximum atomic E-state index is 9.60. The van der Waals surface area contributed by atoms with Crippen LogP contribution in [0.5, 0.6) is 0 Å². The zero-order valence-corrected chi connectivity index (χ0v) is 5.57. The summed E-state index contributed by atoms with van der Waals surface area (Å²) in [6.45, 7) is 1.52. The summed E-state index contributed by atoms with van der Waals surface area (Å²) in [5.41, 5.74) is 0.728. The predicted molar refractivity (Wildman–Crippen MR) is 33.7 cm³/mol. The van der Waals surface area contributed by atoms with Crippen molar-refractivity contribution < 1.29 is 9.53 Å². The highest BCUT2D eigenvalue weighted by molar-refractivity contribution is 5.38. The van der Waals surface area contributed by atoms with Crippen LogP contribution in [0.4, 0.5) is 0 Å². The topological polar surface area (TPSA) is 44.1 Å². The third-order valence-corrected chi connectivity index (χ3v) is 1.04. The fourth-order valence-corrected chi connectivity index (χ4v) is 0.645. The molecule has 0 saturated carbocycles. The number of aryl methyl sites for hydroxylation is 1. The molecule has 0 atom stereocenters. The van der Waals surface area contributed by atoms with E-state index >= 15 is 0 Å². The van der Waals surface area contributed by atoms with Crippen molar-refractivity contribution in [2.45, 2.75) is 6.61 Å². The molecule has 0 aliphatic heterocycles. The summed E-state index contributed by atoms with van der Waals surface area (Å²) in [4.78, 5) is 13.5. The van der Waals surface area contributed by atoms with Gasteiger partial charge >= 0.3 is 6.47 Å². The molecule has 1 radical (unpaired) electrons. The van der Waals surface area contributed by atoms with Crippen LogP contribution in [-0.4, -0.2) is 16.0 Å². The summed E-state index contributed by atoms with van der Waals surface area (Å²) in [5.74, 6) is 0. The summed E-state index contributed by atoms with van der Waals surface area (Å²) in [7, 11) is 1.85. The van der Waals surface area contributed by atoms with Gasteiger partial charge in [-0.1, -0.05) is 0 Å². The minimum absolute atomic E-state index is 0.199. The third-order valence-electron chi connectivity index (χ3n) is 1.04. The van der Waals surface area contributed by atoms with Gasteiger partial charge in [-0.3, -0.25) is 0 Å². The Kier molecular flexibility index (Phi) is 2.04. The van der Waals surface area contributed by atoms with Crippen LogP contribution < -0.4 is 0 Å². The average Bonchev–Trinajstić information content (AvgIpc) is 2.31. The van der Waals surface area contributed by atoms with Crippen LogP contribution in [0.15, 0.2) is 12.5 Å². The van der Waals surface area contributed by atoms with Gasteiger partial charge in [0, 0.05) is 13.2 Å². The van der Waals surface area contributed by atoms with Gasteiger partial charge in [0.05, 0.1) is 12.0 Å². The van der Waals surface area contributed by atoms with Crippen LogP contribution >= 0.6 is 0 Å². The molecule has 0 amide bonds. The molecule has 0 bridgehead atoms. The van der Waals surface area contributed by atoms with Gasteiger partial charge in [-0.25, -0.2) is 9.78 Å². The summed E-state index contributed by atoms with van der Waals surface area (Å²) in [6, 6.07) is 0.